The number of rotatable bonds is 8. The number of methoxy groups -OCH3 is 1. The molecule has 0 amide bonds. The zero-order valence-corrected chi connectivity index (χ0v) is 20.8. The molecule has 2 aromatic rings. The van der Waals surface area contributed by atoms with Gasteiger partial charge in [-0.1, -0.05) is 6.07 Å². The van der Waals surface area contributed by atoms with Crippen molar-refractivity contribution in [3.05, 3.63) is 41.7 Å². The summed E-state index contributed by atoms with van der Waals surface area (Å²) < 4.78 is 7.42. The number of ether oxygens (including phenoxy) is 1. The van der Waals surface area contributed by atoms with Crippen molar-refractivity contribution in [2.45, 2.75) is 33.2 Å². The lowest BCUT2D eigenvalue weighted by molar-refractivity contribution is 0.415. The number of aryl methyl sites for hydroxylation is 3. The van der Waals surface area contributed by atoms with Crippen LogP contribution in [0.4, 0.5) is 5.69 Å². The molecule has 3 rings (SSSR count). The smallest absolute Gasteiger partial charge is 0.190 e. The molecular formula is C22H35IN6O. The second kappa shape index (κ2) is 12.0. The minimum atomic E-state index is 0. The molecule has 1 aromatic carbocycles. The largest absolute Gasteiger partial charge is 0.497 e. The molecule has 1 atom stereocenters. The molecule has 0 spiro atoms. The van der Waals surface area contributed by atoms with Crippen molar-refractivity contribution in [3.8, 4) is 5.75 Å². The van der Waals surface area contributed by atoms with Crippen LogP contribution in [0.25, 0.3) is 0 Å². The third kappa shape index (κ3) is 6.78. The highest BCUT2D eigenvalue weighted by Gasteiger charge is 2.23. The van der Waals surface area contributed by atoms with Gasteiger partial charge >= 0.3 is 0 Å². The molecule has 2 heterocycles. The Balaban J connectivity index is 0.00000320. The van der Waals surface area contributed by atoms with Gasteiger partial charge in [0.2, 0.25) is 0 Å². The van der Waals surface area contributed by atoms with Gasteiger partial charge in [0.05, 0.1) is 12.8 Å². The molecule has 0 radical (unpaired) electrons. The maximum absolute atomic E-state index is 5.35. The first-order valence-electron chi connectivity index (χ1n) is 10.4. The van der Waals surface area contributed by atoms with Crippen LogP contribution in [0, 0.1) is 19.8 Å². The highest BCUT2D eigenvalue weighted by molar-refractivity contribution is 14.0. The Hall–Kier alpha value is -1.97. The molecule has 1 aromatic heterocycles. The molecule has 166 valence electrons. The third-order valence-corrected chi connectivity index (χ3v) is 5.43. The lowest BCUT2D eigenvalue weighted by Gasteiger charge is -2.20. The topological polar surface area (TPSA) is 66.7 Å². The number of aromatic nitrogens is 2. The van der Waals surface area contributed by atoms with E-state index >= 15 is 0 Å². The summed E-state index contributed by atoms with van der Waals surface area (Å²) in [5.41, 5.74) is 3.53. The molecule has 2 N–H and O–H groups in total. The van der Waals surface area contributed by atoms with Crippen molar-refractivity contribution in [3.63, 3.8) is 0 Å². The van der Waals surface area contributed by atoms with E-state index in [0.717, 1.165) is 56.5 Å². The number of hydrogen-bond donors (Lipinski definition) is 2. The fourth-order valence-electron chi connectivity index (χ4n) is 3.84. The van der Waals surface area contributed by atoms with E-state index in [0.29, 0.717) is 5.92 Å². The summed E-state index contributed by atoms with van der Waals surface area (Å²) in [6.45, 7) is 8.98. The number of hydrogen-bond acceptors (Lipinski definition) is 4. The Morgan fingerprint density at radius 1 is 1.27 bits per heavy atom. The van der Waals surface area contributed by atoms with Gasteiger partial charge in [0.25, 0.3) is 0 Å². The van der Waals surface area contributed by atoms with Crippen molar-refractivity contribution < 1.29 is 4.74 Å². The maximum Gasteiger partial charge on any atom is 0.190 e. The van der Waals surface area contributed by atoms with Crippen molar-refractivity contribution in [2.24, 2.45) is 10.9 Å². The van der Waals surface area contributed by atoms with Crippen LogP contribution in [0.5, 0.6) is 5.75 Å². The first-order valence-corrected chi connectivity index (χ1v) is 10.4. The zero-order chi connectivity index (χ0) is 20.6. The van der Waals surface area contributed by atoms with Gasteiger partial charge in [-0.2, -0.15) is 5.10 Å². The highest BCUT2D eigenvalue weighted by Crippen LogP contribution is 2.26. The molecule has 1 fully saturated rings. The molecule has 1 unspecified atom stereocenters. The molecule has 1 aliphatic rings. The standard InChI is InChI=1S/C22H34N6O.HI/c1-17-13-18(2)28(26-17)11-6-10-24-22(23-3)25-15-19-9-12-27(16-19)20-7-5-8-21(14-20)29-4;/h5,7-8,13-14,19H,6,9-12,15-16H2,1-4H3,(H2,23,24,25);1H. The number of nitrogens with zero attached hydrogens (tertiary/aromatic N) is 4. The van der Waals surface area contributed by atoms with E-state index in [4.69, 9.17) is 4.74 Å². The predicted octanol–water partition coefficient (Wildman–Crippen LogP) is 3.21. The van der Waals surface area contributed by atoms with E-state index in [9.17, 15) is 0 Å². The molecule has 30 heavy (non-hydrogen) atoms. The van der Waals surface area contributed by atoms with E-state index in [1.54, 1.807) is 7.11 Å². The number of nitrogens with one attached hydrogen (secondary N) is 2. The lowest BCUT2D eigenvalue weighted by atomic mass is 10.1. The van der Waals surface area contributed by atoms with E-state index in [2.05, 4.69) is 61.5 Å². The summed E-state index contributed by atoms with van der Waals surface area (Å²) in [7, 11) is 3.54. The van der Waals surface area contributed by atoms with Crippen LogP contribution >= 0.6 is 24.0 Å². The maximum atomic E-state index is 5.35. The molecule has 1 saturated heterocycles. The van der Waals surface area contributed by atoms with Crippen LogP contribution in [0.15, 0.2) is 35.3 Å². The van der Waals surface area contributed by atoms with Crippen LogP contribution in [-0.4, -0.2) is 56.1 Å². The quantitative estimate of drug-likeness (QED) is 0.240. The van der Waals surface area contributed by atoms with Crippen molar-refractivity contribution in [2.75, 3.05) is 45.2 Å². The number of guanidine groups is 1. The van der Waals surface area contributed by atoms with Crippen LogP contribution in [0.2, 0.25) is 0 Å². The van der Waals surface area contributed by atoms with Crippen molar-refractivity contribution in [1.29, 1.82) is 0 Å². The average molecular weight is 526 g/mol. The fraction of sp³-hybridized carbons (Fsp3) is 0.545. The zero-order valence-electron chi connectivity index (χ0n) is 18.5. The molecule has 1 aliphatic heterocycles. The first-order chi connectivity index (χ1) is 14.1. The molecule has 8 heteroatoms. The van der Waals surface area contributed by atoms with Gasteiger partial charge in [0, 0.05) is 57.2 Å². The molecule has 0 bridgehead atoms. The van der Waals surface area contributed by atoms with Crippen LogP contribution in [-0.2, 0) is 6.54 Å². The van der Waals surface area contributed by atoms with E-state index in [1.807, 2.05) is 20.0 Å². The van der Waals surface area contributed by atoms with Gasteiger partial charge in [-0.25, -0.2) is 0 Å². The Kier molecular flexibility index (Phi) is 9.74. The van der Waals surface area contributed by atoms with Gasteiger partial charge in [0.1, 0.15) is 5.75 Å². The number of halogens is 1. The van der Waals surface area contributed by atoms with Crippen molar-refractivity contribution in [1.82, 2.24) is 20.4 Å². The fourth-order valence-corrected chi connectivity index (χ4v) is 3.84. The number of benzene rings is 1. The second-order valence-corrected chi connectivity index (χ2v) is 7.69. The Morgan fingerprint density at radius 2 is 2.10 bits per heavy atom. The van der Waals surface area contributed by atoms with Crippen LogP contribution in [0.1, 0.15) is 24.2 Å². The summed E-state index contributed by atoms with van der Waals surface area (Å²) in [6.07, 6.45) is 2.19. The predicted molar refractivity (Wildman–Crippen MR) is 134 cm³/mol. The number of anilines is 1. The van der Waals surface area contributed by atoms with Crippen LogP contribution < -0.4 is 20.3 Å². The molecular weight excluding hydrogens is 491 g/mol. The highest BCUT2D eigenvalue weighted by atomic mass is 127. The van der Waals surface area contributed by atoms with Gasteiger partial charge in [-0.15, -0.1) is 24.0 Å². The van der Waals surface area contributed by atoms with E-state index in [-0.39, 0.29) is 24.0 Å². The molecule has 7 nitrogen and oxygen atoms in total. The lowest BCUT2D eigenvalue weighted by Crippen LogP contribution is -2.40. The third-order valence-electron chi connectivity index (χ3n) is 5.43. The van der Waals surface area contributed by atoms with E-state index in [1.165, 1.54) is 17.8 Å². The molecule has 0 aliphatic carbocycles. The minimum absolute atomic E-state index is 0. The van der Waals surface area contributed by atoms with Crippen LogP contribution in [0.3, 0.4) is 0 Å². The monoisotopic (exact) mass is 526 g/mol. The SMILES string of the molecule is CN=C(NCCCn1nc(C)cc1C)NCC1CCN(c2cccc(OC)c2)C1.I. The summed E-state index contributed by atoms with van der Waals surface area (Å²) in [5, 5.41) is 11.4. The van der Waals surface area contributed by atoms with Gasteiger partial charge < -0.3 is 20.3 Å². The Bertz CT molecular complexity index is 822. The minimum Gasteiger partial charge on any atom is -0.497 e. The van der Waals surface area contributed by atoms with Crippen molar-refractivity contribution >= 4 is 35.6 Å². The summed E-state index contributed by atoms with van der Waals surface area (Å²) in [4.78, 5) is 6.79. The van der Waals surface area contributed by atoms with E-state index < -0.39 is 0 Å². The number of aliphatic imine (C=N–C) groups is 1. The molecule has 0 saturated carbocycles. The van der Waals surface area contributed by atoms with Gasteiger partial charge in [-0.3, -0.25) is 9.67 Å². The normalized spacial score (nSPS) is 16.3. The first kappa shape index (κ1) is 24.3. The average Bonchev–Trinajstić information content (AvgIpc) is 3.33. The summed E-state index contributed by atoms with van der Waals surface area (Å²) >= 11 is 0. The van der Waals surface area contributed by atoms with Gasteiger partial charge in [-0.05, 0) is 50.8 Å². The Morgan fingerprint density at radius 3 is 2.80 bits per heavy atom. The Labute approximate surface area is 197 Å². The second-order valence-electron chi connectivity index (χ2n) is 7.69. The summed E-state index contributed by atoms with van der Waals surface area (Å²) in [5.74, 6) is 2.39. The van der Waals surface area contributed by atoms with Gasteiger partial charge in [0.15, 0.2) is 5.96 Å². The summed E-state index contributed by atoms with van der Waals surface area (Å²) in [6, 6.07) is 10.4.